The van der Waals surface area contributed by atoms with Crippen LogP contribution in [-0.2, 0) is 0 Å². The summed E-state index contributed by atoms with van der Waals surface area (Å²) in [6.07, 6.45) is 6.94. The summed E-state index contributed by atoms with van der Waals surface area (Å²) in [7, 11) is 8.23. The van der Waals surface area contributed by atoms with Gasteiger partial charge in [0.15, 0.2) is 5.96 Å². The van der Waals surface area contributed by atoms with Crippen LogP contribution in [0.4, 0.5) is 0 Å². The van der Waals surface area contributed by atoms with Gasteiger partial charge in [0.1, 0.15) is 0 Å². The Bertz CT molecular complexity index is 236. The fraction of sp³-hybridized carbons (Fsp3) is 0.929. The standard InChI is InChI=1S/C14H29N3/c1-12-7-6-8-13(11-12)9-10-15-14(16(2)3)17(4)5/h12-13H,6-11H2,1-5H3. The minimum absolute atomic E-state index is 0.910. The van der Waals surface area contributed by atoms with Crippen molar-refractivity contribution in [2.75, 3.05) is 34.7 Å². The lowest BCUT2D eigenvalue weighted by Crippen LogP contribution is -2.35. The van der Waals surface area contributed by atoms with Gasteiger partial charge >= 0.3 is 0 Å². The summed E-state index contributed by atoms with van der Waals surface area (Å²) in [6.45, 7) is 3.36. The van der Waals surface area contributed by atoms with Crippen molar-refractivity contribution in [3.8, 4) is 0 Å². The summed E-state index contributed by atoms with van der Waals surface area (Å²) in [4.78, 5) is 8.88. The van der Waals surface area contributed by atoms with E-state index >= 15 is 0 Å². The molecule has 0 saturated heterocycles. The van der Waals surface area contributed by atoms with Crippen molar-refractivity contribution in [2.24, 2.45) is 16.8 Å². The molecule has 0 aliphatic heterocycles. The maximum Gasteiger partial charge on any atom is 0.195 e. The third kappa shape index (κ3) is 4.97. The van der Waals surface area contributed by atoms with Gasteiger partial charge in [-0.15, -0.1) is 0 Å². The van der Waals surface area contributed by atoms with Gasteiger partial charge in [-0.05, 0) is 24.7 Å². The summed E-state index contributed by atoms with van der Waals surface area (Å²) in [6, 6.07) is 0. The van der Waals surface area contributed by atoms with Crippen LogP contribution in [0.15, 0.2) is 4.99 Å². The number of aliphatic imine (C=N–C) groups is 1. The molecule has 1 rings (SSSR count). The molecule has 1 aliphatic rings. The van der Waals surface area contributed by atoms with E-state index in [1.54, 1.807) is 0 Å². The van der Waals surface area contributed by atoms with E-state index in [1.165, 1.54) is 32.1 Å². The van der Waals surface area contributed by atoms with Crippen LogP contribution < -0.4 is 0 Å². The molecular formula is C14H29N3. The van der Waals surface area contributed by atoms with Gasteiger partial charge < -0.3 is 9.80 Å². The van der Waals surface area contributed by atoms with Crippen molar-refractivity contribution < 1.29 is 0 Å². The van der Waals surface area contributed by atoms with Crippen LogP contribution >= 0.6 is 0 Å². The van der Waals surface area contributed by atoms with E-state index in [1.807, 2.05) is 0 Å². The Labute approximate surface area is 107 Å². The minimum Gasteiger partial charge on any atom is -0.349 e. The highest BCUT2D eigenvalue weighted by atomic mass is 15.3. The Morgan fingerprint density at radius 1 is 1.12 bits per heavy atom. The molecule has 0 aromatic rings. The van der Waals surface area contributed by atoms with E-state index in [9.17, 15) is 0 Å². The fourth-order valence-corrected chi connectivity index (χ4v) is 2.85. The van der Waals surface area contributed by atoms with E-state index < -0.39 is 0 Å². The highest BCUT2D eigenvalue weighted by Crippen LogP contribution is 2.30. The molecule has 0 N–H and O–H groups in total. The molecule has 0 bridgehead atoms. The van der Waals surface area contributed by atoms with Crippen LogP contribution in [0, 0.1) is 11.8 Å². The van der Waals surface area contributed by atoms with Crippen molar-refractivity contribution in [3.63, 3.8) is 0 Å². The average Bonchev–Trinajstić information content (AvgIpc) is 2.23. The Morgan fingerprint density at radius 3 is 2.29 bits per heavy atom. The summed E-state index contributed by atoms with van der Waals surface area (Å²) >= 11 is 0. The van der Waals surface area contributed by atoms with Gasteiger partial charge in [-0.1, -0.05) is 26.2 Å². The summed E-state index contributed by atoms with van der Waals surface area (Å²) in [5, 5.41) is 0. The molecule has 0 spiro atoms. The van der Waals surface area contributed by atoms with Gasteiger partial charge in [-0.2, -0.15) is 0 Å². The van der Waals surface area contributed by atoms with Crippen molar-refractivity contribution in [1.82, 2.24) is 9.80 Å². The second-order valence-electron chi connectivity index (χ2n) is 5.90. The van der Waals surface area contributed by atoms with Gasteiger partial charge in [0.05, 0.1) is 0 Å². The minimum atomic E-state index is 0.910. The van der Waals surface area contributed by atoms with Crippen molar-refractivity contribution in [1.29, 1.82) is 0 Å². The Morgan fingerprint density at radius 2 is 1.76 bits per heavy atom. The molecule has 2 unspecified atom stereocenters. The van der Waals surface area contributed by atoms with Gasteiger partial charge in [0.25, 0.3) is 0 Å². The van der Waals surface area contributed by atoms with E-state index in [-0.39, 0.29) is 0 Å². The Kier molecular flexibility index (Phi) is 5.79. The molecule has 0 aromatic heterocycles. The van der Waals surface area contributed by atoms with Crippen LogP contribution in [-0.4, -0.2) is 50.5 Å². The van der Waals surface area contributed by atoms with Crippen LogP contribution in [0.2, 0.25) is 0 Å². The van der Waals surface area contributed by atoms with Crippen molar-refractivity contribution >= 4 is 5.96 Å². The van der Waals surface area contributed by atoms with Crippen LogP contribution in [0.1, 0.15) is 39.0 Å². The van der Waals surface area contributed by atoms with Crippen molar-refractivity contribution in [2.45, 2.75) is 39.0 Å². The first-order valence-electron chi connectivity index (χ1n) is 6.89. The number of hydrogen-bond donors (Lipinski definition) is 0. The van der Waals surface area contributed by atoms with E-state index in [2.05, 4.69) is 44.9 Å². The molecule has 1 aliphatic carbocycles. The molecule has 3 nitrogen and oxygen atoms in total. The quantitative estimate of drug-likeness (QED) is 0.557. The maximum absolute atomic E-state index is 4.71. The van der Waals surface area contributed by atoms with Crippen molar-refractivity contribution in [3.05, 3.63) is 0 Å². The van der Waals surface area contributed by atoms with E-state index in [4.69, 9.17) is 4.99 Å². The monoisotopic (exact) mass is 239 g/mol. The summed E-state index contributed by atoms with van der Waals surface area (Å²) in [5.41, 5.74) is 0. The summed E-state index contributed by atoms with van der Waals surface area (Å²) < 4.78 is 0. The van der Waals surface area contributed by atoms with E-state index in [0.29, 0.717) is 0 Å². The molecule has 1 saturated carbocycles. The Balaban J connectivity index is 2.36. The zero-order valence-corrected chi connectivity index (χ0v) is 12.2. The van der Waals surface area contributed by atoms with Crippen LogP contribution in [0.5, 0.6) is 0 Å². The number of nitrogens with zero attached hydrogens (tertiary/aromatic N) is 3. The molecule has 0 radical (unpaired) electrons. The van der Waals surface area contributed by atoms with Crippen LogP contribution in [0.25, 0.3) is 0 Å². The third-order valence-corrected chi connectivity index (χ3v) is 3.64. The predicted octanol–water partition coefficient (Wildman–Crippen LogP) is 2.68. The second-order valence-corrected chi connectivity index (χ2v) is 5.90. The molecule has 2 atom stereocenters. The molecule has 100 valence electrons. The first kappa shape index (κ1) is 14.3. The Hall–Kier alpha value is -0.730. The topological polar surface area (TPSA) is 18.8 Å². The largest absolute Gasteiger partial charge is 0.349 e. The zero-order valence-electron chi connectivity index (χ0n) is 12.2. The van der Waals surface area contributed by atoms with Gasteiger partial charge in [0.2, 0.25) is 0 Å². The second kappa shape index (κ2) is 6.87. The highest BCUT2D eigenvalue weighted by Gasteiger charge is 2.18. The normalized spacial score (nSPS) is 24.3. The molecule has 0 aromatic carbocycles. The molecule has 1 fully saturated rings. The number of guanidine groups is 1. The van der Waals surface area contributed by atoms with Gasteiger partial charge in [-0.3, -0.25) is 4.99 Å². The highest BCUT2D eigenvalue weighted by molar-refractivity contribution is 5.79. The molecule has 0 heterocycles. The average molecular weight is 239 g/mol. The lowest BCUT2D eigenvalue weighted by molar-refractivity contribution is 0.272. The smallest absolute Gasteiger partial charge is 0.195 e. The first-order chi connectivity index (χ1) is 8.00. The lowest BCUT2D eigenvalue weighted by atomic mass is 9.81. The van der Waals surface area contributed by atoms with Crippen LogP contribution in [0.3, 0.4) is 0 Å². The number of hydrogen-bond acceptors (Lipinski definition) is 1. The van der Waals surface area contributed by atoms with E-state index in [0.717, 1.165) is 24.3 Å². The first-order valence-corrected chi connectivity index (χ1v) is 6.89. The molecule has 3 heteroatoms. The molecular weight excluding hydrogens is 210 g/mol. The summed E-state index contributed by atoms with van der Waals surface area (Å²) in [5.74, 6) is 2.92. The predicted molar refractivity (Wildman–Crippen MR) is 75.4 cm³/mol. The molecule has 17 heavy (non-hydrogen) atoms. The van der Waals surface area contributed by atoms with Gasteiger partial charge in [0, 0.05) is 34.7 Å². The number of rotatable bonds is 3. The molecule has 0 amide bonds. The lowest BCUT2D eigenvalue weighted by Gasteiger charge is -2.27. The van der Waals surface area contributed by atoms with Gasteiger partial charge in [-0.25, -0.2) is 0 Å². The fourth-order valence-electron chi connectivity index (χ4n) is 2.85. The maximum atomic E-state index is 4.71. The SMILES string of the molecule is CC1CCCC(CCN=C(N(C)C)N(C)C)C1. The zero-order chi connectivity index (χ0) is 12.8. The third-order valence-electron chi connectivity index (χ3n) is 3.64.